The van der Waals surface area contributed by atoms with Gasteiger partial charge in [-0.15, -0.1) is 11.3 Å². The fourth-order valence-electron chi connectivity index (χ4n) is 2.43. The van der Waals surface area contributed by atoms with Crippen molar-refractivity contribution in [2.24, 2.45) is 0 Å². The number of amides is 1. The van der Waals surface area contributed by atoms with E-state index in [1.165, 1.54) is 42.7 Å². The number of nitrogens with one attached hydrogen (secondary N) is 2. The SMILES string of the molecule is COc1ccccc1NS(=O)(=O)c1ccc(C(=O)NCc2cc(Br)cs2)cc1. The van der Waals surface area contributed by atoms with Crippen molar-refractivity contribution in [2.45, 2.75) is 11.4 Å². The number of carbonyl (C=O) groups is 1. The molecular weight excluding hydrogens is 464 g/mol. The van der Waals surface area contributed by atoms with E-state index in [1.807, 2.05) is 11.4 Å². The summed E-state index contributed by atoms with van der Waals surface area (Å²) in [4.78, 5) is 13.3. The maximum absolute atomic E-state index is 12.6. The van der Waals surface area contributed by atoms with Crippen LogP contribution in [-0.4, -0.2) is 21.4 Å². The first-order chi connectivity index (χ1) is 13.4. The zero-order valence-corrected chi connectivity index (χ0v) is 18.0. The van der Waals surface area contributed by atoms with E-state index in [9.17, 15) is 13.2 Å². The number of ether oxygens (including phenoxy) is 1. The number of hydrogen-bond donors (Lipinski definition) is 2. The second-order valence-corrected chi connectivity index (χ2v) is 9.34. The van der Waals surface area contributed by atoms with Gasteiger partial charge in [0.1, 0.15) is 5.75 Å². The zero-order valence-electron chi connectivity index (χ0n) is 14.8. The Labute approximate surface area is 175 Å². The van der Waals surface area contributed by atoms with Crippen molar-refractivity contribution >= 4 is 48.9 Å². The quantitative estimate of drug-likeness (QED) is 0.529. The highest BCUT2D eigenvalue weighted by atomic mass is 79.9. The second kappa shape index (κ2) is 8.76. The summed E-state index contributed by atoms with van der Waals surface area (Å²) in [5.41, 5.74) is 0.723. The second-order valence-electron chi connectivity index (χ2n) is 5.74. The van der Waals surface area contributed by atoms with Gasteiger partial charge in [0.05, 0.1) is 24.2 Å². The van der Waals surface area contributed by atoms with Crippen LogP contribution >= 0.6 is 27.3 Å². The topological polar surface area (TPSA) is 84.5 Å². The van der Waals surface area contributed by atoms with E-state index in [0.29, 0.717) is 23.5 Å². The number of para-hydroxylation sites is 2. The molecule has 0 atom stereocenters. The van der Waals surface area contributed by atoms with Crippen LogP contribution in [0.3, 0.4) is 0 Å². The number of sulfonamides is 1. The highest BCUT2D eigenvalue weighted by molar-refractivity contribution is 9.10. The van der Waals surface area contributed by atoms with Crippen molar-refractivity contribution in [1.82, 2.24) is 5.32 Å². The highest BCUT2D eigenvalue weighted by Crippen LogP contribution is 2.26. The van der Waals surface area contributed by atoms with Gasteiger partial charge >= 0.3 is 0 Å². The first-order valence-corrected chi connectivity index (χ1v) is 11.3. The van der Waals surface area contributed by atoms with E-state index < -0.39 is 10.0 Å². The van der Waals surface area contributed by atoms with Crippen molar-refractivity contribution in [1.29, 1.82) is 0 Å². The lowest BCUT2D eigenvalue weighted by molar-refractivity contribution is 0.0951. The Morgan fingerprint density at radius 3 is 2.50 bits per heavy atom. The highest BCUT2D eigenvalue weighted by Gasteiger charge is 2.17. The van der Waals surface area contributed by atoms with Crippen LogP contribution in [0.4, 0.5) is 5.69 Å². The number of thiophene rings is 1. The summed E-state index contributed by atoms with van der Waals surface area (Å²) in [6, 6.07) is 14.4. The van der Waals surface area contributed by atoms with Gasteiger partial charge in [-0.05, 0) is 58.4 Å². The summed E-state index contributed by atoms with van der Waals surface area (Å²) in [7, 11) is -2.34. The minimum atomic E-state index is -3.81. The summed E-state index contributed by atoms with van der Waals surface area (Å²) in [6.07, 6.45) is 0. The molecule has 0 aliphatic heterocycles. The molecule has 3 aromatic rings. The molecule has 0 aliphatic carbocycles. The summed E-state index contributed by atoms with van der Waals surface area (Å²) in [5.74, 6) is 0.147. The lowest BCUT2D eigenvalue weighted by Crippen LogP contribution is -2.22. The number of methoxy groups -OCH3 is 1. The van der Waals surface area contributed by atoms with Crippen LogP contribution in [0.25, 0.3) is 0 Å². The molecule has 0 spiro atoms. The van der Waals surface area contributed by atoms with Gasteiger partial charge in [0, 0.05) is 20.3 Å². The number of carbonyl (C=O) groups excluding carboxylic acids is 1. The number of anilines is 1. The molecule has 28 heavy (non-hydrogen) atoms. The molecule has 6 nitrogen and oxygen atoms in total. The van der Waals surface area contributed by atoms with Gasteiger partial charge in [0.2, 0.25) is 0 Å². The van der Waals surface area contributed by atoms with Gasteiger partial charge in [-0.25, -0.2) is 8.42 Å². The lowest BCUT2D eigenvalue weighted by Gasteiger charge is -2.12. The first kappa shape index (κ1) is 20.4. The number of benzene rings is 2. The maximum atomic E-state index is 12.6. The molecule has 2 aromatic carbocycles. The molecule has 0 radical (unpaired) electrons. The van der Waals surface area contributed by atoms with Crippen molar-refractivity contribution in [2.75, 3.05) is 11.8 Å². The lowest BCUT2D eigenvalue weighted by atomic mass is 10.2. The van der Waals surface area contributed by atoms with Gasteiger partial charge in [0.15, 0.2) is 0 Å². The minimum Gasteiger partial charge on any atom is -0.495 e. The van der Waals surface area contributed by atoms with E-state index in [0.717, 1.165) is 9.35 Å². The third kappa shape index (κ3) is 4.92. The molecule has 2 N–H and O–H groups in total. The van der Waals surface area contributed by atoms with Crippen LogP contribution in [0.2, 0.25) is 0 Å². The molecule has 0 unspecified atom stereocenters. The molecule has 1 heterocycles. The number of rotatable bonds is 7. The van der Waals surface area contributed by atoms with Crippen molar-refractivity contribution in [3.8, 4) is 5.75 Å². The molecule has 3 rings (SSSR count). The maximum Gasteiger partial charge on any atom is 0.262 e. The third-order valence-corrected chi connectivity index (χ3v) is 6.90. The Kier molecular flexibility index (Phi) is 6.38. The van der Waals surface area contributed by atoms with Gasteiger partial charge in [-0.3, -0.25) is 9.52 Å². The van der Waals surface area contributed by atoms with E-state index in [1.54, 1.807) is 24.3 Å². The van der Waals surface area contributed by atoms with Crippen LogP contribution in [0.5, 0.6) is 5.75 Å². The summed E-state index contributed by atoms with van der Waals surface area (Å²) in [6.45, 7) is 0.407. The number of hydrogen-bond acceptors (Lipinski definition) is 5. The van der Waals surface area contributed by atoms with E-state index in [4.69, 9.17) is 4.74 Å². The monoisotopic (exact) mass is 480 g/mol. The fraction of sp³-hybridized carbons (Fsp3) is 0.105. The third-order valence-electron chi connectivity index (χ3n) is 3.82. The van der Waals surface area contributed by atoms with Gasteiger partial charge < -0.3 is 10.1 Å². The molecule has 0 saturated carbocycles. The molecule has 0 fully saturated rings. The largest absolute Gasteiger partial charge is 0.495 e. The Balaban J connectivity index is 1.69. The van der Waals surface area contributed by atoms with Crippen molar-refractivity contribution < 1.29 is 17.9 Å². The summed E-state index contributed by atoms with van der Waals surface area (Å²) >= 11 is 4.91. The van der Waals surface area contributed by atoms with Gasteiger partial charge in [0.25, 0.3) is 15.9 Å². The molecule has 1 aromatic heterocycles. The minimum absolute atomic E-state index is 0.0529. The average molecular weight is 481 g/mol. The van der Waals surface area contributed by atoms with Crippen LogP contribution < -0.4 is 14.8 Å². The molecule has 146 valence electrons. The van der Waals surface area contributed by atoms with Crippen LogP contribution in [-0.2, 0) is 16.6 Å². The van der Waals surface area contributed by atoms with Crippen LogP contribution in [0.15, 0.2) is 69.3 Å². The van der Waals surface area contributed by atoms with Crippen molar-refractivity contribution in [3.63, 3.8) is 0 Å². The van der Waals surface area contributed by atoms with Gasteiger partial charge in [-0.2, -0.15) is 0 Å². The van der Waals surface area contributed by atoms with Crippen molar-refractivity contribution in [3.05, 3.63) is 74.9 Å². The predicted molar refractivity (Wildman–Crippen MR) is 113 cm³/mol. The molecule has 0 saturated heterocycles. The molecule has 0 aliphatic rings. The number of halogens is 1. The molecule has 1 amide bonds. The van der Waals surface area contributed by atoms with E-state index >= 15 is 0 Å². The summed E-state index contributed by atoms with van der Waals surface area (Å²) in [5, 5.41) is 4.75. The molecular formula is C19H17BrN2O4S2. The average Bonchev–Trinajstić information content (AvgIpc) is 3.11. The first-order valence-electron chi connectivity index (χ1n) is 8.16. The standard InChI is InChI=1S/C19H17BrN2O4S2/c1-26-18-5-3-2-4-17(18)22-28(24,25)16-8-6-13(7-9-16)19(23)21-11-15-10-14(20)12-27-15/h2-10,12,22H,11H2,1H3,(H,21,23). The Morgan fingerprint density at radius 1 is 1.14 bits per heavy atom. The normalized spacial score (nSPS) is 11.1. The van der Waals surface area contributed by atoms with E-state index in [-0.39, 0.29) is 10.8 Å². The zero-order chi connectivity index (χ0) is 20.1. The van der Waals surface area contributed by atoms with Crippen LogP contribution in [0.1, 0.15) is 15.2 Å². The summed E-state index contributed by atoms with van der Waals surface area (Å²) < 4.78 is 33.8. The van der Waals surface area contributed by atoms with E-state index in [2.05, 4.69) is 26.0 Å². The van der Waals surface area contributed by atoms with Crippen LogP contribution in [0, 0.1) is 0 Å². The Morgan fingerprint density at radius 2 is 1.86 bits per heavy atom. The molecule has 0 bridgehead atoms. The Hall–Kier alpha value is -2.36. The smallest absolute Gasteiger partial charge is 0.262 e. The predicted octanol–water partition coefficient (Wildman–Crippen LogP) is 4.25. The molecule has 9 heteroatoms. The van der Waals surface area contributed by atoms with Gasteiger partial charge in [-0.1, -0.05) is 12.1 Å². The fourth-order valence-corrected chi connectivity index (χ4v) is 4.90. The Bertz CT molecular complexity index is 1080.